The van der Waals surface area contributed by atoms with E-state index >= 15 is 0 Å². The standard InChI is InChI=1S/C11H17N3O/c1-7-4-5-8(12)6-9(7)14-11(2,3)10(13)15/h4-6,14H,12H2,1-3H3,(H2,13,15). The van der Waals surface area contributed by atoms with Gasteiger partial charge in [0.05, 0.1) is 0 Å². The van der Waals surface area contributed by atoms with Crippen LogP contribution in [0.1, 0.15) is 19.4 Å². The van der Waals surface area contributed by atoms with Gasteiger partial charge in [0.25, 0.3) is 0 Å². The molecule has 0 aliphatic carbocycles. The van der Waals surface area contributed by atoms with E-state index < -0.39 is 11.4 Å². The van der Waals surface area contributed by atoms with Crippen molar-refractivity contribution in [2.75, 3.05) is 11.1 Å². The highest BCUT2D eigenvalue weighted by Gasteiger charge is 2.24. The average molecular weight is 207 g/mol. The molecule has 1 aromatic carbocycles. The first-order valence-corrected chi connectivity index (χ1v) is 4.77. The van der Waals surface area contributed by atoms with Gasteiger partial charge in [0.15, 0.2) is 0 Å². The molecule has 0 radical (unpaired) electrons. The van der Waals surface area contributed by atoms with E-state index in [-0.39, 0.29) is 0 Å². The van der Waals surface area contributed by atoms with Crippen molar-refractivity contribution in [2.24, 2.45) is 5.73 Å². The minimum Gasteiger partial charge on any atom is -0.399 e. The van der Waals surface area contributed by atoms with Gasteiger partial charge in [0, 0.05) is 11.4 Å². The third kappa shape index (κ3) is 2.62. The Bertz CT molecular complexity index is 385. The Morgan fingerprint density at radius 2 is 2.00 bits per heavy atom. The van der Waals surface area contributed by atoms with Gasteiger partial charge in [-0.1, -0.05) is 6.07 Å². The van der Waals surface area contributed by atoms with Crippen LogP contribution in [0.25, 0.3) is 0 Å². The smallest absolute Gasteiger partial charge is 0.242 e. The summed E-state index contributed by atoms with van der Waals surface area (Å²) < 4.78 is 0. The Morgan fingerprint density at radius 1 is 1.40 bits per heavy atom. The molecule has 0 bridgehead atoms. The monoisotopic (exact) mass is 207 g/mol. The second-order valence-corrected chi connectivity index (χ2v) is 4.19. The van der Waals surface area contributed by atoms with Crippen molar-refractivity contribution >= 4 is 17.3 Å². The largest absolute Gasteiger partial charge is 0.399 e. The lowest BCUT2D eigenvalue weighted by molar-refractivity contribution is -0.121. The highest BCUT2D eigenvalue weighted by molar-refractivity contribution is 5.87. The van der Waals surface area contributed by atoms with Crippen LogP contribution in [0, 0.1) is 6.92 Å². The van der Waals surface area contributed by atoms with E-state index in [1.165, 1.54) is 0 Å². The van der Waals surface area contributed by atoms with Crippen molar-refractivity contribution in [3.05, 3.63) is 23.8 Å². The third-order valence-corrected chi connectivity index (χ3v) is 2.32. The number of nitrogens with two attached hydrogens (primary N) is 2. The molecule has 0 saturated heterocycles. The van der Waals surface area contributed by atoms with Gasteiger partial charge in [-0.05, 0) is 38.5 Å². The molecule has 0 unspecified atom stereocenters. The number of aryl methyl sites for hydroxylation is 1. The van der Waals surface area contributed by atoms with Gasteiger partial charge >= 0.3 is 0 Å². The van der Waals surface area contributed by atoms with Gasteiger partial charge in [0.1, 0.15) is 5.54 Å². The first kappa shape index (κ1) is 11.4. The number of carbonyl (C=O) groups excluding carboxylic acids is 1. The van der Waals surface area contributed by atoms with Crippen molar-refractivity contribution in [2.45, 2.75) is 26.3 Å². The first-order chi connectivity index (χ1) is 6.83. The topological polar surface area (TPSA) is 81.1 Å². The van der Waals surface area contributed by atoms with Gasteiger partial charge in [-0.25, -0.2) is 0 Å². The summed E-state index contributed by atoms with van der Waals surface area (Å²) >= 11 is 0. The summed E-state index contributed by atoms with van der Waals surface area (Å²) in [7, 11) is 0. The van der Waals surface area contributed by atoms with Crippen LogP contribution in [0.3, 0.4) is 0 Å². The van der Waals surface area contributed by atoms with Crippen molar-refractivity contribution in [3.8, 4) is 0 Å². The van der Waals surface area contributed by atoms with Crippen molar-refractivity contribution in [3.63, 3.8) is 0 Å². The van der Waals surface area contributed by atoms with E-state index in [2.05, 4.69) is 5.32 Å². The molecule has 1 rings (SSSR count). The predicted octanol–water partition coefficient (Wildman–Crippen LogP) is 1.25. The zero-order valence-electron chi connectivity index (χ0n) is 9.29. The molecule has 4 heteroatoms. The Balaban J connectivity index is 2.99. The molecule has 0 heterocycles. The first-order valence-electron chi connectivity index (χ1n) is 4.77. The molecule has 0 aliphatic rings. The zero-order chi connectivity index (χ0) is 11.6. The highest BCUT2D eigenvalue weighted by Crippen LogP contribution is 2.21. The van der Waals surface area contributed by atoms with Crippen LogP contribution in [-0.2, 0) is 4.79 Å². The molecule has 82 valence electrons. The lowest BCUT2D eigenvalue weighted by atomic mass is 10.0. The van der Waals surface area contributed by atoms with Gasteiger partial charge in [-0.2, -0.15) is 0 Å². The number of rotatable bonds is 3. The Hall–Kier alpha value is -1.71. The number of nitrogen functional groups attached to an aromatic ring is 1. The van der Waals surface area contributed by atoms with Gasteiger partial charge in [-0.3, -0.25) is 4.79 Å². The second-order valence-electron chi connectivity index (χ2n) is 4.19. The summed E-state index contributed by atoms with van der Waals surface area (Å²) in [4.78, 5) is 11.2. The molecule has 15 heavy (non-hydrogen) atoms. The number of nitrogens with one attached hydrogen (secondary N) is 1. The molecule has 0 aromatic heterocycles. The molecule has 0 atom stereocenters. The molecular weight excluding hydrogens is 190 g/mol. The summed E-state index contributed by atoms with van der Waals surface area (Å²) in [5.74, 6) is -0.399. The van der Waals surface area contributed by atoms with E-state index in [0.717, 1.165) is 11.3 Å². The summed E-state index contributed by atoms with van der Waals surface area (Å²) in [5, 5.41) is 3.07. The number of benzene rings is 1. The van der Waals surface area contributed by atoms with Gasteiger partial charge in [-0.15, -0.1) is 0 Å². The molecule has 5 N–H and O–H groups in total. The molecule has 0 fully saturated rings. The van der Waals surface area contributed by atoms with Crippen molar-refractivity contribution < 1.29 is 4.79 Å². The molecule has 4 nitrogen and oxygen atoms in total. The number of carbonyl (C=O) groups is 1. The molecule has 1 amide bonds. The molecular formula is C11H17N3O. The van der Waals surface area contributed by atoms with Crippen LogP contribution in [0.4, 0.5) is 11.4 Å². The number of hydrogen-bond acceptors (Lipinski definition) is 3. The van der Waals surface area contributed by atoms with E-state index in [0.29, 0.717) is 5.69 Å². The second kappa shape index (κ2) is 3.81. The predicted molar refractivity (Wildman–Crippen MR) is 62.5 cm³/mol. The fourth-order valence-electron chi connectivity index (χ4n) is 1.17. The molecule has 1 aromatic rings. The average Bonchev–Trinajstić information content (AvgIpc) is 2.10. The number of anilines is 2. The molecule has 0 aliphatic heterocycles. The van der Waals surface area contributed by atoms with Gasteiger partial charge in [0.2, 0.25) is 5.91 Å². The Morgan fingerprint density at radius 3 is 2.53 bits per heavy atom. The van der Waals surface area contributed by atoms with Crippen LogP contribution in [0.2, 0.25) is 0 Å². The number of hydrogen-bond donors (Lipinski definition) is 3. The summed E-state index contributed by atoms with van der Waals surface area (Å²) in [6.07, 6.45) is 0. The van der Waals surface area contributed by atoms with Crippen molar-refractivity contribution in [1.29, 1.82) is 0 Å². The van der Waals surface area contributed by atoms with Crippen LogP contribution < -0.4 is 16.8 Å². The summed E-state index contributed by atoms with van der Waals surface area (Å²) in [5.41, 5.74) is 12.7. The Labute approximate surface area is 89.6 Å². The SMILES string of the molecule is Cc1ccc(N)cc1NC(C)(C)C(N)=O. The zero-order valence-corrected chi connectivity index (χ0v) is 9.29. The van der Waals surface area contributed by atoms with Crippen LogP contribution in [0.5, 0.6) is 0 Å². The third-order valence-electron chi connectivity index (χ3n) is 2.32. The minimum absolute atomic E-state index is 0.399. The summed E-state index contributed by atoms with van der Waals surface area (Å²) in [6.45, 7) is 5.41. The summed E-state index contributed by atoms with van der Waals surface area (Å²) in [6, 6.07) is 5.51. The number of primary amides is 1. The highest BCUT2D eigenvalue weighted by atomic mass is 16.1. The van der Waals surface area contributed by atoms with E-state index in [1.807, 2.05) is 19.1 Å². The quantitative estimate of drug-likeness (QED) is 0.652. The molecule has 0 spiro atoms. The van der Waals surface area contributed by atoms with E-state index in [9.17, 15) is 4.79 Å². The lowest BCUT2D eigenvalue weighted by Crippen LogP contribution is -2.45. The van der Waals surface area contributed by atoms with Gasteiger partial charge < -0.3 is 16.8 Å². The number of amides is 1. The maximum Gasteiger partial charge on any atom is 0.242 e. The van der Waals surface area contributed by atoms with Crippen LogP contribution in [0.15, 0.2) is 18.2 Å². The van der Waals surface area contributed by atoms with Crippen LogP contribution in [-0.4, -0.2) is 11.4 Å². The van der Waals surface area contributed by atoms with Crippen molar-refractivity contribution in [1.82, 2.24) is 0 Å². The maximum atomic E-state index is 11.2. The van der Waals surface area contributed by atoms with Crippen LogP contribution >= 0.6 is 0 Å². The van der Waals surface area contributed by atoms with E-state index in [4.69, 9.17) is 11.5 Å². The lowest BCUT2D eigenvalue weighted by Gasteiger charge is -2.25. The normalized spacial score (nSPS) is 11.1. The van der Waals surface area contributed by atoms with E-state index in [1.54, 1.807) is 19.9 Å². The molecule has 0 saturated carbocycles. The fourth-order valence-corrected chi connectivity index (χ4v) is 1.17. The Kier molecular flexibility index (Phi) is 2.88. The minimum atomic E-state index is -0.779. The fraction of sp³-hybridized carbons (Fsp3) is 0.364. The maximum absolute atomic E-state index is 11.2.